The van der Waals surface area contributed by atoms with E-state index in [2.05, 4.69) is 9.47 Å². The van der Waals surface area contributed by atoms with Crippen LogP contribution in [0.25, 0.3) is 0 Å². The van der Waals surface area contributed by atoms with E-state index in [1.54, 1.807) is 24.7 Å². The molecule has 0 atom stereocenters. The zero-order chi connectivity index (χ0) is 11.6. The van der Waals surface area contributed by atoms with E-state index in [-0.39, 0.29) is 11.3 Å². The van der Waals surface area contributed by atoms with Gasteiger partial charge in [-0.25, -0.2) is 9.59 Å². The van der Waals surface area contributed by atoms with Gasteiger partial charge in [-0.15, -0.1) is 0 Å². The summed E-state index contributed by atoms with van der Waals surface area (Å²) < 4.78 is 10.8. The van der Waals surface area contributed by atoms with E-state index >= 15 is 0 Å². The third kappa shape index (κ3) is 1.86. The van der Waals surface area contributed by atoms with Crippen molar-refractivity contribution in [3.63, 3.8) is 0 Å². The lowest BCUT2D eigenvalue weighted by Gasteiger charge is -2.04. The smallest absolute Gasteiger partial charge is 0.355 e. The topological polar surface area (TPSA) is 57.5 Å². The molecule has 0 saturated heterocycles. The molecule has 0 N–H and O–H groups in total. The maximum absolute atomic E-state index is 11.4. The van der Waals surface area contributed by atoms with Gasteiger partial charge in [-0.2, -0.15) is 0 Å². The molecule has 0 radical (unpaired) electrons. The van der Waals surface area contributed by atoms with Crippen molar-refractivity contribution in [1.82, 2.24) is 4.57 Å². The molecule has 0 aromatic carbocycles. The van der Waals surface area contributed by atoms with E-state index in [4.69, 9.17) is 0 Å². The van der Waals surface area contributed by atoms with Gasteiger partial charge in [-0.3, -0.25) is 0 Å². The first kappa shape index (κ1) is 11.3. The Morgan fingerprint density at radius 3 is 2.20 bits per heavy atom. The number of carbonyl (C=O) groups excluding carboxylic acids is 2. The summed E-state index contributed by atoms with van der Waals surface area (Å²) in [7, 11) is 4.22. The molecule has 5 heteroatoms. The van der Waals surface area contributed by atoms with E-state index in [1.807, 2.05) is 0 Å². The number of rotatable bonds is 2. The molecule has 0 bridgehead atoms. The number of ether oxygens (including phenoxy) is 2. The Bertz CT molecular complexity index is 369. The first-order valence-electron chi connectivity index (χ1n) is 4.35. The minimum Gasteiger partial charge on any atom is -0.465 e. The van der Waals surface area contributed by atoms with Crippen LogP contribution in [0.1, 0.15) is 26.4 Å². The maximum Gasteiger partial charge on any atom is 0.355 e. The lowest BCUT2D eigenvalue weighted by Crippen LogP contribution is -2.14. The summed E-state index contributed by atoms with van der Waals surface area (Å²) in [5.41, 5.74) is 1.15. The Morgan fingerprint density at radius 2 is 1.73 bits per heavy atom. The van der Waals surface area contributed by atoms with Gasteiger partial charge in [0.1, 0.15) is 5.69 Å². The van der Waals surface area contributed by atoms with Crippen LogP contribution in [0.2, 0.25) is 0 Å². The van der Waals surface area contributed by atoms with Crippen molar-refractivity contribution in [2.24, 2.45) is 7.05 Å². The Morgan fingerprint density at radius 1 is 1.20 bits per heavy atom. The normalized spacial score (nSPS) is 9.87. The predicted molar refractivity (Wildman–Crippen MR) is 52.8 cm³/mol. The predicted octanol–water partition coefficient (Wildman–Crippen LogP) is 0.907. The van der Waals surface area contributed by atoms with Crippen LogP contribution in [0.3, 0.4) is 0 Å². The van der Waals surface area contributed by atoms with Crippen LogP contribution in [0.4, 0.5) is 0 Å². The Labute approximate surface area is 87.6 Å². The van der Waals surface area contributed by atoms with Crippen LogP contribution in [-0.2, 0) is 16.5 Å². The minimum atomic E-state index is -0.550. The van der Waals surface area contributed by atoms with Crippen molar-refractivity contribution < 1.29 is 19.1 Å². The van der Waals surface area contributed by atoms with Gasteiger partial charge in [0, 0.05) is 13.2 Å². The van der Waals surface area contributed by atoms with E-state index < -0.39 is 11.9 Å². The van der Waals surface area contributed by atoms with Gasteiger partial charge in [0.2, 0.25) is 0 Å². The quantitative estimate of drug-likeness (QED) is 0.682. The molecule has 0 saturated carbocycles. The lowest BCUT2D eigenvalue weighted by molar-refractivity contribution is 0.0547. The fourth-order valence-corrected chi connectivity index (χ4v) is 1.49. The summed E-state index contributed by atoms with van der Waals surface area (Å²) in [4.78, 5) is 22.9. The van der Waals surface area contributed by atoms with Crippen molar-refractivity contribution in [2.45, 2.75) is 6.92 Å². The van der Waals surface area contributed by atoms with E-state index in [1.165, 1.54) is 14.2 Å². The SMILES string of the molecule is COC(=O)c1c(C)cn(C)c1C(=O)OC. The molecule has 1 rings (SSSR count). The highest BCUT2D eigenvalue weighted by atomic mass is 16.5. The second-order valence-corrected chi connectivity index (χ2v) is 3.13. The number of methoxy groups -OCH3 is 2. The fourth-order valence-electron chi connectivity index (χ4n) is 1.49. The Kier molecular flexibility index (Phi) is 3.14. The van der Waals surface area contributed by atoms with Crippen molar-refractivity contribution in [2.75, 3.05) is 14.2 Å². The van der Waals surface area contributed by atoms with Crippen molar-refractivity contribution in [3.05, 3.63) is 23.0 Å². The summed E-state index contributed by atoms with van der Waals surface area (Å²) in [6.07, 6.45) is 1.68. The zero-order valence-electron chi connectivity index (χ0n) is 9.16. The van der Waals surface area contributed by atoms with Crippen LogP contribution in [0, 0.1) is 6.92 Å². The van der Waals surface area contributed by atoms with Gasteiger partial charge >= 0.3 is 11.9 Å². The molecule has 0 aliphatic carbocycles. The van der Waals surface area contributed by atoms with Gasteiger partial charge in [-0.05, 0) is 12.5 Å². The van der Waals surface area contributed by atoms with Crippen LogP contribution in [-0.4, -0.2) is 30.7 Å². The standard InChI is InChI=1S/C10H13NO4/c1-6-5-11(2)8(10(13)15-4)7(6)9(12)14-3/h5H,1-4H3. The second-order valence-electron chi connectivity index (χ2n) is 3.13. The summed E-state index contributed by atoms with van der Waals surface area (Å²) in [6.45, 7) is 1.73. The Balaban J connectivity index is 3.35. The molecule has 0 unspecified atom stereocenters. The molecule has 1 aromatic rings. The lowest BCUT2D eigenvalue weighted by atomic mass is 10.1. The van der Waals surface area contributed by atoms with Gasteiger partial charge in [0.15, 0.2) is 0 Å². The van der Waals surface area contributed by atoms with Gasteiger partial charge < -0.3 is 14.0 Å². The maximum atomic E-state index is 11.4. The highest BCUT2D eigenvalue weighted by molar-refractivity contribution is 6.03. The molecule has 0 fully saturated rings. The average molecular weight is 211 g/mol. The van der Waals surface area contributed by atoms with Crippen LogP contribution in [0.15, 0.2) is 6.20 Å². The first-order valence-corrected chi connectivity index (χ1v) is 4.35. The van der Waals surface area contributed by atoms with E-state index in [9.17, 15) is 9.59 Å². The molecular formula is C10H13NO4. The number of hydrogen-bond donors (Lipinski definition) is 0. The molecule has 0 amide bonds. The summed E-state index contributed by atoms with van der Waals surface area (Å²) in [6, 6.07) is 0. The van der Waals surface area contributed by atoms with Gasteiger partial charge in [-0.1, -0.05) is 0 Å². The largest absolute Gasteiger partial charge is 0.465 e. The van der Waals surface area contributed by atoms with E-state index in [0.29, 0.717) is 5.56 Å². The number of aryl methyl sites for hydroxylation is 2. The molecule has 1 aromatic heterocycles. The number of hydrogen-bond acceptors (Lipinski definition) is 4. The second kappa shape index (κ2) is 4.16. The Hall–Kier alpha value is -1.78. The summed E-state index contributed by atoms with van der Waals surface area (Å²) in [5, 5.41) is 0. The minimum absolute atomic E-state index is 0.210. The third-order valence-electron chi connectivity index (χ3n) is 2.14. The highest BCUT2D eigenvalue weighted by Crippen LogP contribution is 2.17. The molecule has 15 heavy (non-hydrogen) atoms. The van der Waals surface area contributed by atoms with Crippen molar-refractivity contribution in [1.29, 1.82) is 0 Å². The first-order chi connectivity index (χ1) is 7.02. The van der Waals surface area contributed by atoms with Crippen molar-refractivity contribution >= 4 is 11.9 Å². The van der Waals surface area contributed by atoms with Crippen molar-refractivity contribution in [3.8, 4) is 0 Å². The van der Waals surface area contributed by atoms with Gasteiger partial charge in [0.25, 0.3) is 0 Å². The molecule has 82 valence electrons. The molecule has 0 aliphatic rings. The van der Waals surface area contributed by atoms with Crippen LogP contribution in [0.5, 0.6) is 0 Å². The van der Waals surface area contributed by atoms with Crippen LogP contribution >= 0.6 is 0 Å². The molecule has 1 heterocycles. The highest BCUT2D eigenvalue weighted by Gasteiger charge is 2.24. The van der Waals surface area contributed by atoms with E-state index in [0.717, 1.165) is 0 Å². The zero-order valence-corrected chi connectivity index (χ0v) is 9.16. The summed E-state index contributed by atoms with van der Waals surface area (Å²) in [5.74, 6) is -1.08. The molecular weight excluding hydrogens is 198 g/mol. The average Bonchev–Trinajstić information content (AvgIpc) is 2.51. The number of nitrogens with zero attached hydrogens (tertiary/aromatic N) is 1. The third-order valence-corrected chi connectivity index (χ3v) is 2.14. The monoisotopic (exact) mass is 211 g/mol. The molecule has 0 aliphatic heterocycles. The fraction of sp³-hybridized carbons (Fsp3) is 0.400. The van der Waals surface area contributed by atoms with Crippen LogP contribution < -0.4 is 0 Å². The number of carbonyl (C=O) groups is 2. The number of aromatic nitrogens is 1. The molecule has 0 spiro atoms. The summed E-state index contributed by atoms with van der Waals surface area (Å²) >= 11 is 0. The van der Waals surface area contributed by atoms with Gasteiger partial charge in [0.05, 0.1) is 19.8 Å². The molecule has 5 nitrogen and oxygen atoms in total. The number of esters is 2.